The van der Waals surface area contributed by atoms with Crippen LogP contribution in [-0.2, 0) is 4.74 Å². The molecular formula is C10H21BrN2O. The van der Waals surface area contributed by atoms with E-state index in [4.69, 9.17) is 10.5 Å². The second kappa shape index (κ2) is 7.26. The zero-order valence-corrected chi connectivity index (χ0v) is 10.8. The first-order chi connectivity index (χ1) is 6.50. The molecule has 14 heavy (non-hydrogen) atoms. The molecular weight excluding hydrogens is 244 g/mol. The summed E-state index contributed by atoms with van der Waals surface area (Å²) in [5, 5.41) is 3.14. The summed E-state index contributed by atoms with van der Waals surface area (Å²) in [6, 6.07) is 0.0763. The van der Waals surface area contributed by atoms with Gasteiger partial charge in [-0.2, -0.15) is 0 Å². The third kappa shape index (κ3) is 6.40. The van der Waals surface area contributed by atoms with Crippen LogP contribution >= 0.6 is 15.9 Å². The summed E-state index contributed by atoms with van der Waals surface area (Å²) in [7, 11) is 0. The molecule has 3 N–H and O–H groups in total. The molecule has 0 aromatic heterocycles. The van der Waals surface area contributed by atoms with E-state index in [2.05, 4.69) is 21.2 Å². The second-order valence-corrected chi connectivity index (χ2v) is 5.13. The maximum Gasteiger partial charge on any atom is 0.0638 e. The first-order valence-electron chi connectivity index (χ1n) is 4.94. The molecule has 0 rings (SSSR count). The fourth-order valence-corrected chi connectivity index (χ4v) is 0.865. The van der Waals surface area contributed by atoms with Crippen LogP contribution in [0.3, 0.4) is 0 Å². The van der Waals surface area contributed by atoms with Crippen molar-refractivity contribution in [2.45, 2.75) is 31.1 Å². The van der Waals surface area contributed by atoms with Gasteiger partial charge in [0, 0.05) is 19.2 Å². The molecule has 0 radical (unpaired) electrons. The van der Waals surface area contributed by atoms with Crippen LogP contribution < -0.4 is 11.1 Å². The van der Waals surface area contributed by atoms with E-state index in [1.165, 1.54) is 0 Å². The van der Waals surface area contributed by atoms with Gasteiger partial charge in [0.25, 0.3) is 0 Å². The highest BCUT2D eigenvalue weighted by atomic mass is 79.9. The Balaban J connectivity index is 3.61. The van der Waals surface area contributed by atoms with Gasteiger partial charge >= 0.3 is 0 Å². The molecule has 0 heterocycles. The van der Waals surface area contributed by atoms with Gasteiger partial charge in [-0.05, 0) is 27.0 Å². The Hall–Kier alpha value is -0.0600. The van der Waals surface area contributed by atoms with E-state index in [1.54, 1.807) is 0 Å². The van der Waals surface area contributed by atoms with Crippen molar-refractivity contribution < 1.29 is 4.74 Å². The molecule has 84 valence electrons. The summed E-state index contributed by atoms with van der Waals surface area (Å²) in [5.41, 5.74) is 5.78. The molecule has 0 saturated carbocycles. The zero-order chi connectivity index (χ0) is 11.0. The lowest BCUT2D eigenvalue weighted by Crippen LogP contribution is -2.36. The SMILES string of the molecule is CCOCCN/C=C/C(C)(Br)[C@H](C)N. The molecule has 2 atom stereocenters. The molecule has 0 saturated heterocycles. The molecule has 0 amide bonds. The number of rotatable bonds is 7. The first-order valence-corrected chi connectivity index (χ1v) is 5.73. The van der Waals surface area contributed by atoms with E-state index in [-0.39, 0.29) is 10.4 Å². The molecule has 0 aliphatic carbocycles. The van der Waals surface area contributed by atoms with Crippen LogP contribution in [0.4, 0.5) is 0 Å². The monoisotopic (exact) mass is 264 g/mol. The Morgan fingerprint density at radius 2 is 2.29 bits per heavy atom. The van der Waals surface area contributed by atoms with Crippen molar-refractivity contribution in [2.75, 3.05) is 19.8 Å². The van der Waals surface area contributed by atoms with Crippen LogP contribution in [0.2, 0.25) is 0 Å². The summed E-state index contributed by atoms with van der Waals surface area (Å²) in [5.74, 6) is 0. The fraction of sp³-hybridized carbons (Fsp3) is 0.800. The lowest BCUT2D eigenvalue weighted by Gasteiger charge is -2.22. The van der Waals surface area contributed by atoms with Gasteiger partial charge in [0.05, 0.1) is 10.9 Å². The Labute approximate surface area is 95.2 Å². The minimum atomic E-state index is -0.147. The maximum absolute atomic E-state index is 5.78. The van der Waals surface area contributed by atoms with E-state index in [1.807, 2.05) is 33.0 Å². The number of ether oxygens (including phenoxy) is 1. The quantitative estimate of drug-likeness (QED) is 0.543. The molecule has 3 nitrogen and oxygen atoms in total. The van der Waals surface area contributed by atoms with E-state index < -0.39 is 0 Å². The van der Waals surface area contributed by atoms with Gasteiger partial charge < -0.3 is 15.8 Å². The van der Waals surface area contributed by atoms with Crippen molar-refractivity contribution in [1.29, 1.82) is 0 Å². The molecule has 0 fully saturated rings. The van der Waals surface area contributed by atoms with E-state index in [9.17, 15) is 0 Å². The standard InChI is InChI=1S/C10H21BrN2O/c1-4-14-8-7-13-6-5-10(3,11)9(2)12/h5-6,9,13H,4,7-8,12H2,1-3H3/b6-5+/t9-,10?/m0/s1. The summed E-state index contributed by atoms with van der Waals surface area (Å²) >= 11 is 3.55. The highest BCUT2D eigenvalue weighted by Gasteiger charge is 2.20. The molecule has 0 aromatic carbocycles. The van der Waals surface area contributed by atoms with Crippen molar-refractivity contribution in [3.63, 3.8) is 0 Å². The van der Waals surface area contributed by atoms with Crippen LogP contribution in [-0.4, -0.2) is 30.1 Å². The topological polar surface area (TPSA) is 47.3 Å². The van der Waals surface area contributed by atoms with Crippen LogP contribution in [0.25, 0.3) is 0 Å². The number of nitrogens with one attached hydrogen (secondary N) is 1. The van der Waals surface area contributed by atoms with Crippen molar-refractivity contribution >= 4 is 15.9 Å². The van der Waals surface area contributed by atoms with Crippen LogP contribution in [0.15, 0.2) is 12.3 Å². The van der Waals surface area contributed by atoms with Gasteiger partial charge in [-0.25, -0.2) is 0 Å². The minimum Gasteiger partial charge on any atom is -0.389 e. The van der Waals surface area contributed by atoms with Crippen molar-refractivity contribution in [1.82, 2.24) is 5.32 Å². The van der Waals surface area contributed by atoms with Gasteiger partial charge in [0.1, 0.15) is 0 Å². The molecule has 0 aliphatic rings. The fourth-order valence-electron chi connectivity index (χ4n) is 0.732. The second-order valence-electron chi connectivity index (χ2n) is 3.42. The van der Waals surface area contributed by atoms with Crippen LogP contribution in [0.1, 0.15) is 20.8 Å². The summed E-state index contributed by atoms with van der Waals surface area (Å²) in [6.07, 6.45) is 3.93. The van der Waals surface area contributed by atoms with E-state index in [0.29, 0.717) is 0 Å². The molecule has 0 bridgehead atoms. The number of alkyl halides is 1. The van der Waals surface area contributed by atoms with Gasteiger partial charge in [-0.15, -0.1) is 0 Å². The van der Waals surface area contributed by atoms with Crippen molar-refractivity contribution in [2.24, 2.45) is 5.73 Å². The Bertz CT molecular complexity index is 170. The Kier molecular flexibility index (Phi) is 7.23. The van der Waals surface area contributed by atoms with Gasteiger partial charge in [0.2, 0.25) is 0 Å². The van der Waals surface area contributed by atoms with Crippen molar-refractivity contribution in [3.05, 3.63) is 12.3 Å². The molecule has 0 spiro atoms. The lowest BCUT2D eigenvalue weighted by molar-refractivity contribution is 0.151. The average Bonchev–Trinajstić information content (AvgIpc) is 2.10. The average molecular weight is 265 g/mol. The number of halogens is 1. The lowest BCUT2D eigenvalue weighted by atomic mass is 10.1. The van der Waals surface area contributed by atoms with Gasteiger partial charge in [-0.3, -0.25) is 0 Å². The predicted octanol–water partition coefficient (Wildman–Crippen LogP) is 1.63. The molecule has 0 aromatic rings. The zero-order valence-electron chi connectivity index (χ0n) is 9.22. The first kappa shape index (κ1) is 13.9. The highest BCUT2D eigenvalue weighted by Crippen LogP contribution is 2.21. The highest BCUT2D eigenvalue weighted by molar-refractivity contribution is 9.10. The summed E-state index contributed by atoms with van der Waals surface area (Å²) in [4.78, 5) is 0. The smallest absolute Gasteiger partial charge is 0.0638 e. The predicted molar refractivity (Wildman–Crippen MR) is 64.6 cm³/mol. The van der Waals surface area contributed by atoms with Crippen LogP contribution in [0, 0.1) is 0 Å². The number of nitrogens with two attached hydrogens (primary N) is 1. The van der Waals surface area contributed by atoms with E-state index in [0.717, 1.165) is 19.8 Å². The Morgan fingerprint density at radius 1 is 1.64 bits per heavy atom. The van der Waals surface area contributed by atoms with E-state index >= 15 is 0 Å². The third-order valence-corrected chi connectivity index (χ3v) is 3.00. The molecule has 1 unspecified atom stereocenters. The molecule has 0 aliphatic heterocycles. The molecule has 4 heteroatoms. The minimum absolute atomic E-state index is 0.0763. The van der Waals surface area contributed by atoms with Crippen LogP contribution in [0.5, 0.6) is 0 Å². The van der Waals surface area contributed by atoms with Crippen molar-refractivity contribution in [3.8, 4) is 0 Å². The van der Waals surface area contributed by atoms with Gasteiger partial charge in [0.15, 0.2) is 0 Å². The number of hydrogen-bond donors (Lipinski definition) is 2. The summed E-state index contributed by atoms with van der Waals surface area (Å²) in [6.45, 7) is 8.32. The largest absolute Gasteiger partial charge is 0.389 e. The normalized spacial score (nSPS) is 18.1. The van der Waals surface area contributed by atoms with Gasteiger partial charge in [-0.1, -0.05) is 22.0 Å². The Morgan fingerprint density at radius 3 is 2.79 bits per heavy atom. The summed E-state index contributed by atoms with van der Waals surface area (Å²) < 4.78 is 5.03. The number of hydrogen-bond acceptors (Lipinski definition) is 3. The third-order valence-electron chi connectivity index (χ3n) is 2.01. The maximum atomic E-state index is 5.78.